The number of carbonyl (C=O) groups excluding carboxylic acids is 1. The molecule has 1 fully saturated rings. The standard InChI is InChI=1S/C21H19N3O2S/c25-20(16-13-22-17-6-2-1-5-15(16)17)24-11-9-14(10-12-24)26-21-23-18-7-3-4-8-19(18)27-21/h1-8,13-14,22H,9-12H2. The largest absolute Gasteiger partial charge is 0.467 e. The molecule has 0 atom stereocenters. The Labute approximate surface area is 160 Å². The number of likely N-dealkylation sites (tertiary alicyclic amines) is 1. The molecule has 0 aliphatic carbocycles. The Balaban J connectivity index is 1.25. The smallest absolute Gasteiger partial charge is 0.274 e. The Morgan fingerprint density at radius 1 is 1.11 bits per heavy atom. The van der Waals surface area contributed by atoms with Crippen molar-refractivity contribution in [2.75, 3.05) is 13.1 Å². The van der Waals surface area contributed by atoms with Crippen LogP contribution in [0, 0.1) is 0 Å². The highest BCUT2D eigenvalue weighted by Gasteiger charge is 2.26. The predicted molar refractivity (Wildman–Crippen MR) is 107 cm³/mol. The van der Waals surface area contributed by atoms with Gasteiger partial charge >= 0.3 is 0 Å². The molecule has 0 unspecified atom stereocenters. The number of ether oxygens (including phenoxy) is 1. The zero-order valence-electron chi connectivity index (χ0n) is 14.7. The van der Waals surface area contributed by atoms with Crippen LogP contribution in [0.15, 0.2) is 54.7 Å². The van der Waals surface area contributed by atoms with Crippen molar-refractivity contribution in [2.24, 2.45) is 0 Å². The van der Waals surface area contributed by atoms with Gasteiger partial charge in [-0.15, -0.1) is 0 Å². The number of nitrogens with zero attached hydrogens (tertiary/aromatic N) is 2. The minimum Gasteiger partial charge on any atom is -0.467 e. The second kappa shape index (κ2) is 6.70. The molecule has 27 heavy (non-hydrogen) atoms. The summed E-state index contributed by atoms with van der Waals surface area (Å²) in [6.07, 6.45) is 3.57. The Bertz CT molecular complexity index is 1080. The van der Waals surface area contributed by atoms with E-state index in [2.05, 4.69) is 16.0 Å². The van der Waals surface area contributed by atoms with Crippen LogP contribution in [0.1, 0.15) is 23.2 Å². The summed E-state index contributed by atoms with van der Waals surface area (Å²) < 4.78 is 7.23. The van der Waals surface area contributed by atoms with E-state index in [4.69, 9.17) is 4.74 Å². The number of nitrogens with one attached hydrogen (secondary N) is 1. The van der Waals surface area contributed by atoms with Crippen molar-refractivity contribution >= 4 is 38.4 Å². The van der Waals surface area contributed by atoms with Crippen LogP contribution in [0.25, 0.3) is 21.1 Å². The third-order valence-electron chi connectivity index (χ3n) is 5.09. The zero-order valence-corrected chi connectivity index (χ0v) is 15.5. The van der Waals surface area contributed by atoms with Gasteiger partial charge in [0.25, 0.3) is 11.1 Å². The fraction of sp³-hybridized carbons (Fsp3) is 0.238. The van der Waals surface area contributed by atoms with Crippen molar-refractivity contribution in [1.82, 2.24) is 14.9 Å². The summed E-state index contributed by atoms with van der Waals surface area (Å²) in [4.78, 5) is 22.6. The van der Waals surface area contributed by atoms with Gasteiger partial charge in [0.1, 0.15) is 6.10 Å². The van der Waals surface area contributed by atoms with Crippen LogP contribution in [0.3, 0.4) is 0 Å². The third-order valence-corrected chi connectivity index (χ3v) is 6.02. The lowest BCUT2D eigenvalue weighted by Crippen LogP contribution is -2.41. The molecule has 0 radical (unpaired) electrons. The first kappa shape index (κ1) is 16.3. The van der Waals surface area contributed by atoms with Crippen LogP contribution in [-0.4, -0.2) is 40.0 Å². The normalized spacial score (nSPS) is 15.5. The molecule has 0 spiro atoms. The predicted octanol–water partition coefficient (Wildman–Crippen LogP) is 4.46. The van der Waals surface area contributed by atoms with E-state index in [1.807, 2.05) is 53.6 Å². The maximum atomic E-state index is 12.9. The number of hydrogen-bond donors (Lipinski definition) is 1. The second-order valence-corrected chi connectivity index (χ2v) is 7.80. The van der Waals surface area contributed by atoms with E-state index in [0.29, 0.717) is 13.1 Å². The van der Waals surface area contributed by atoms with Gasteiger partial charge in [0.05, 0.1) is 15.8 Å². The molecule has 6 heteroatoms. The molecule has 2 aromatic carbocycles. The van der Waals surface area contributed by atoms with Crippen LogP contribution in [0.5, 0.6) is 5.19 Å². The number of rotatable bonds is 3. The van der Waals surface area contributed by atoms with E-state index < -0.39 is 0 Å². The molecule has 2 aromatic heterocycles. The van der Waals surface area contributed by atoms with E-state index in [-0.39, 0.29) is 12.0 Å². The average molecular weight is 377 g/mol. The summed E-state index contributed by atoms with van der Waals surface area (Å²) in [5.74, 6) is 0.0888. The summed E-state index contributed by atoms with van der Waals surface area (Å²) in [6.45, 7) is 1.40. The van der Waals surface area contributed by atoms with Gasteiger partial charge in [-0.1, -0.05) is 41.7 Å². The molecule has 0 bridgehead atoms. The van der Waals surface area contributed by atoms with E-state index in [1.54, 1.807) is 11.3 Å². The van der Waals surface area contributed by atoms with Gasteiger partial charge in [-0.25, -0.2) is 4.98 Å². The summed E-state index contributed by atoms with van der Waals surface area (Å²) in [5.41, 5.74) is 2.72. The van der Waals surface area contributed by atoms with E-state index in [1.165, 1.54) is 0 Å². The highest BCUT2D eigenvalue weighted by Crippen LogP contribution is 2.30. The molecule has 1 aliphatic rings. The molecule has 1 aliphatic heterocycles. The Kier molecular flexibility index (Phi) is 4.05. The van der Waals surface area contributed by atoms with Gasteiger partial charge in [-0.2, -0.15) is 0 Å². The van der Waals surface area contributed by atoms with Crippen molar-refractivity contribution < 1.29 is 9.53 Å². The van der Waals surface area contributed by atoms with Crippen LogP contribution in [0.4, 0.5) is 0 Å². The number of H-pyrrole nitrogens is 1. The Morgan fingerprint density at radius 3 is 2.74 bits per heavy atom. The van der Waals surface area contributed by atoms with Crippen molar-refractivity contribution in [3.8, 4) is 5.19 Å². The van der Waals surface area contributed by atoms with Crippen molar-refractivity contribution in [2.45, 2.75) is 18.9 Å². The molecule has 5 rings (SSSR count). The number of para-hydroxylation sites is 2. The van der Waals surface area contributed by atoms with Gasteiger partial charge in [0.15, 0.2) is 0 Å². The number of aromatic nitrogens is 2. The average Bonchev–Trinajstić information content (AvgIpc) is 3.31. The molecule has 4 aromatic rings. The van der Waals surface area contributed by atoms with Gasteiger partial charge in [0.2, 0.25) is 0 Å². The van der Waals surface area contributed by atoms with Gasteiger partial charge in [-0.05, 0) is 18.2 Å². The maximum Gasteiger partial charge on any atom is 0.274 e. The third kappa shape index (κ3) is 3.06. The second-order valence-electron chi connectivity index (χ2n) is 6.80. The molecule has 1 amide bonds. The Hall–Kier alpha value is -2.86. The lowest BCUT2D eigenvalue weighted by molar-refractivity contribution is 0.0597. The van der Waals surface area contributed by atoms with Gasteiger partial charge < -0.3 is 14.6 Å². The number of piperidine rings is 1. The SMILES string of the molecule is O=C(c1c[nH]c2ccccc12)N1CCC(Oc2nc3ccccc3s2)CC1. The maximum absolute atomic E-state index is 12.9. The van der Waals surface area contributed by atoms with Gasteiger partial charge in [0, 0.05) is 43.0 Å². The Morgan fingerprint density at radius 2 is 1.89 bits per heavy atom. The lowest BCUT2D eigenvalue weighted by Gasteiger charge is -2.31. The van der Waals surface area contributed by atoms with Crippen LogP contribution in [-0.2, 0) is 0 Å². The zero-order chi connectivity index (χ0) is 18.2. The quantitative estimate of drug-likeness (QED) is 0.573. The van der Waals surface area contributed by atoms with Crippen LogP contribution < -0.4 is 4.74 Å². The van der Waals surface area contributed by atoms with Crippen molar-refractivity contribution in [3.63, 3.8) is 0 Å². The number of hydrogen-bond acceptors (Lipinski definition) is 4. The van der Waals surface area contributed by atoms with Crippen molar-refractivity contribution in [3.05, 3.63) is 60.3 Å². The summed E-state index contributed by atoms with van der Waals surface area (Å²) in [5, 5.41) is 1.70. The molecular weight excluding hydrogens is 358 g/mol. The number of aromatic amines is 1. The highest BCUT2D eigenvalue weighted by molar-refractivity contribution is 7.20. The van der Waals surface area contributed by atoms with E-state index in [9.17, 15) is 4.79 Å². The molecule has 0 saturated carbocycles. The van der Waals surface area contributed by atoms with Crippen LogP contribution >= 0.6 is 11.3 Å². The molecule has 5 nitrogen and oxygen atoms in total. The summed E-state index contributed by atoms with van der Waals surface area (Å²) in [7, 11) is 0. The first-order valence-electron chi connectivity index (χ1n) is 9.15. The lowest BCUT2D eigenvalue weighted by atomic mass is 10.1. The molecule has 1 N–H and O–H groups in total. The molecular formula is C21H19N3O2S. The first-order chi connectivity index (χ1) is 13.3. The summed E-state index contributed by atoms with van der Waals surface area (Å²) in [6, 6.07) is 16.0. The van der Waals surface area contributed by atoms with E-state index >= 15 is 0 Å². The van der Waals surface area contributed by atoms with E-state index in [0.717, 1.165) is 44.7 Å². The highest BCUT2D eigenvalue weighted by atomic mass is 32.1. The minimum atomic E-state index is 0.0888. The molecule has 136 valence electrons. The number of amides is 1. The number of fused-ring (bicyclic) bond motifs is 2. The summed E-state index contributed by atoms with van der Waals surface area (Å²) >= 11 is 1.58. The number of thiazole rings is 1. The fourth-order valence-electron chi connectivity index (χ4n) is 3.64. The number of benzene rings is 2. The first-order valence-corrected chi connectivity index (χ1v) is 9.97. The minimum absolute atomic E-state index is 0.0888. The topological polar surface area (TPSA) is 58.2 Å². The number of carbonyl (C=O) groups is 1. The molecule has 3 heterocycles. The van der Waals surface area contributed by atoms with Crippen molar-refractivity contribution in [1.29, 1.82) is 0 Å². The van der Waals surface area contributed by atoms with Gasteiger partial charge in [-0.3, -0.25) is 4.79 Å². The monoisotopic (exact) mass is 377 g/mol. The molecule has 1 saturated heterocycles. The fourth-order valence-corrected chi connectivity index (χ4v) is 4.52. The van der Waals surface area contributed by atoms with Crippen LogP contribution in [0.2, 0.25) is 0 Å².